The van der Waals surface area contributed by atoms with Crippen LogP contribution in [-0.4, -0.2) is 46.6 Å². The Morgan fingerprint density at radius 2 is 2.08 bits per heavy atom. The maximum Gasteiger partial charge on any atom is 0.271 e. The zero-order valence-electron chi connectivity index (χ0n) is 14.8. The van der Waals surface area contributed by atoms with Crippen LogP contribution < -0.4 is 10.9 Å². The van der Waals surface area contributed by atoms with Gasteiger partial charge in [0.05, 0.1) is 6.10 Å². The second kappa shape index (κ2) is 7.94. The van der Waals surface area contributed by atoms with E-state index in [1.165, 1.54) is 0 Å². The molecule has 1 aliphatic rings. The maximum atomic E-state index is 12.1. The highest BCUT2D eigenvalue weighted by atomic mass is 16.3. The standard InChI is InChI=1S/C18H29N3O3/c1-18(2,3)15(22)12-21-9-6-13(7-10-21)11-16(23)20-14-5-4-8-19-17(14)24/h4-5,8,13,15,22H,6-7,9-12H2,1-3H3,(H,19,24)(H,20,23). The van der Waals surface area contributed by atoms with Crippen molar-refractivity contribution >= 4 is 11.6 Å². The number of H-pyrrole nitrogens is 1. The van der Waals surface area contributed by atoms with Crippen LogP contribution in [-0.2, 0) is 4.79 Å². The number of carbonyl (C=O) groups excluding carboxylic acids is 1. The summed E-state index contributed by atoms with van der Waals surface area (Å²) in [6.45, 7) is 8.61. The number of likely N-dealkylation sites (tertiary alicyclic amines) is 1. The highest BCUT2D eigenvalue weighted by Gasteiger charge is 2.27. The van der Waals surface area contributed by atoms with Gasteiger partial charge in [0.2, 0.25) is 5.91 Å². The molecule has 2 rings (SSSR count). The number of anilines is 1. The quantitative estimate of drug-likeness (QED) is 0.766. The van der Waals surface area contributed by atoms with E-state index in [0.29, 0.717) is 24.6 Å². The SMILES string of the molecule is CC(C)(C)C(O)CN1CCC(CC(=O)Nc2ccc[nH]c2=O)CC1. The largest absolute Gasteiger partial charge is 0.391 e. The molecule has 134 valence electrons. The first-order valence-electron chi connectivity index (χ1n) is 8.63. The number of aliphatic hydroxyl groups is 1. The number of β-amino-alcohol motifs (C(OH)–C–C–N with tert-alkyl or cyclic N) is 1. The fourth-order valence-electron chi connectivity index (χ4n) is 2.87. The first kappa shape index (κ1) is 18.7. The summed E-state index contributed by atoms with van der Waals surface area (Å²) in [6, 6.07) is 3.29. The Morgan fingerprint density at radius 3 is 2.67 bits per heavy atom. The van der Waals surface area contributed by atoms with E-state index in [0.717, 1.165) is 25.9 Å². The minimum absolute atomic E-state index is 0.111. The summed E-state index contributed by atoms with van der Waals surface area (Å²) >= 11 is 0. The number of hydrogen-bond donors (Lipinski definition) is 3. The van der Waals surface area contributed by atoms with Gasteiger partial charge in [0.25, 0.3) is 5.56 Å². The van der Waals surface area contributed by atoms with Crippen LogP contribution in [0.4, 0.5) is 5.69 Å². The van der Waals surface area contributed by atoms with Crippen molar-refractivity contribution in [1.29, 1.82) is 0 Å². The smallest absolute Gasteiger partial charge is 0.271 e. The van der Waals surface area contributed by atoms with Crippen LogP contribution in [0.5, 0.6) is 0 Å². The fourth-order valence-corrected chi connectivity index (χ4v) is 2.87. The molecule has 24 heavy (non-hydrogen) atoms. The monoisotopic (exact) mass is 335 g/mol. The molecule has 0 aromatic carbocycles. The van der Waals surface area contributed by atoms with Crippen LogP contribution in [0, 0.1) is 11.3 Å². The molecule has 0 radical (unpaired) electrons. The predicted molar refractivity (Wildman–Crippen MR) is 94.9 cm³/mol. The number of nitrogens with zero attached hydrogens (tertiary/aromatic N) is 1. The number of pyridine rings is 1. The van der Waals surface area contributed by atoms with Crippen molar-refractivity contribution in [3.05, 3.63) is 28.7 Å². The van der Waals surface area contributed by atoms with Crippen LogP contribution >= 0.6 is 0 Å². The lowest BCUT2D eigenvalue weighted by atomic mass is 9.87. The van der Waals surface area contributed by atoms with Crippen LogP contribution in [0.15, 0.2) is 23.1 Å². The van der Waals surface area contributed by atoms with Gasteiger partial charge >= 0.3 is 0 Å². The van der Waals surface area contributed by atoms with Crippen LogP contribution in [0.1, 0.15) is 40.0 Å². The first-order chi connectivity index (χ1) is 11.3. The van der Waals surface area contributed by atoms with Gasteiger partial charge in [-0.2, -0.15) is 0 Å². The van der Waals surface area contributed by atoms with Gasteiger partial charge in [-0.1, -0.05) is 20.8 Å². The molecular weight excluding hydrogens is 306 g/mol. The average Bonchev–Trinajstić information content (AvgIpc) is 2.50. The molecule has 1 aliphatic heterocycles. The lowest BCUT2D eigenvalue weighted by Crippen LogP contribution is -2.43. The fraction of sp³-hybridized carbons (Fsp3) is 0.667. The van der Waals surface area contributed by atoms with Crippen molar-refractivity contribution in [2.45, 2.75) is 46.1 Å². The summed E-state index contributed by atoms with van der Waals surface area (Å²) in [7, 11) is 0. The molecule has 0 spiro atoms. The highest BCUT2D eigenvalue weighted by Crippen LogP contribution is 2.24. The van der Waals surface area contributed by atoms with Gasteiger partial charge in [0, 0.05) is 19.2 Å². The third kappa shape index (κ3) is 5.46. The summed E-state index contributed by atoms with van der Waals surface area (Å²) in [6.07, 6.45) is 3.51. The Bertz CT molecular complexity index is 598. The molecule has 1 atom stereocenters. The minimum Gasteiger partial charge on any atom is -0.391 e. The molecule has 1 aromatic heterocycles. The number of carbonyl (C=O) groups is 1. The molecule has 3 N–H and O–H groups in total. The van der Waals surface area contributed by atoms with E-state index in [2.05, 4.69) is 15.2 Å². The Hall–Kier alpha value is -1.66. The molecule has 1 aromatic rings. The molecule has 0 saturated carbocycles. The lowest BCUT2D eigenvalue weighted by Gasteiger charge is -2.36. The minimum atomic E-state index is -0.345. The number of nitrogens with one attached hydrogen (secondary N) is 2. The van der Waals surface area contributed by atoms with Gasteiger partial charge in [0.15, 0.2) is 0 Å². The van der Waals surface area contributed by atoms with Crippen molar-refractivity contribution in [2.75, 3.05) is 25.0 Å². The molecule has 6 heteroatoms. The Balaban J connectivity index is 1.76. The Kier molecular flexibility index (Phi) is 6.18. The van der Waals surface area contributed by atoms with Crippen molar-refractivity contribution in [2.24, 2.45) is 11.3 Å². The molecular formula is C18H29N3O3. The zero-order valence-corrected chi connectivity index (χ0v) is 14.8. The van der Waals surface area contributed by atoms with Crippen LogP contribution in [0.2, 0.25) is 0 Å². The van der Waals surface area contributed by atoms with Crippen molar-refractivity contribution in [3.8, 4) is 0 Å². The Morgan fingerprint density at radius 1 is 1.42 bits per heavy atom. The summed E-state index contributed by atoms with van der Waals surface area (Å²) in [5.74, 6) is 0.218. The number of aromatic nitrogens is 1. The summed E-state index contributed by atoms with van der Waals surface area (Å²) < 4.78 is 0. The number of hydrogen-bond acceptors (Lipinski definition) is 4. The number of amides is 1. The van der Waals surface area contributed by atoms with E-state index < -0.39 is 0 Å². The number of rotatable bonds is 5. The van der Waals surface area contributed by atoms with Crippen LogP contribution in [0.25, 0.3) is 0 Å². The molecule has 2 heterocycles. The molecule has 1 fully saturated rings. The number of piperidine rings is 1. The molecule has 1 saturated heterocycles. The lowest BCUT2D eigenvalue weighted by molar-refractivity contribution is -0.117. The molecule has 0 bridgehead atoms. The summed E-state index contributed by atoms with van der Waals surface area (Å²) in [5, 5.41) is 12.9. The van der Waals surface area contributed by atoms with Gasteiger partial charge in [-0.25, -0.2) is 0 Å². The summed E-state index contributed by atoms with van der Waals surface area (Å²) in [4.78, 5) is 28.5. The first-order valence-corrected chi connectivity index (χ1v) is 8.63. The van der Waals surface area contributed by atoms with E-state index >= 15 is 0 Å². The van der Waals surface area contributed by atoms with Crippen molar-refractivity contribution in [3.63, 3.8) is 0 Å². The van der Waals surface area contributed by atoms with Gasteiger partial charge < -0.3 is 20.3 Å². The van der Waals surface area contributed by atoms with E-state index in [1.807, 2.05) is 20.8 Å². The van der Waals surface area contributed by atoms with Crippen molar-refractivity contribution < 1.29 is 9.90 Å². The maximum absolute atomic E-state index is 12.1. The molecule has 0 aliphatic carbocycles. The second-order valence-corrected chi connectivity index (χ2v) is 7.79. The topological polar surface area (TPSA) is 85.4 Å². The third-order valence-corrected chi connectivity index (χ3v) is 4.70. The Labute approximate surface area is 143 Å². The van der Waals surface area contributed by atoms with Crippen molar-refractivity contribution in [1.82, 2.24) is 9.88 Å². The summed E-state index contributed by atoms with van der Waals surface area (Å²) in [5.41, 5.74) is -0.0930. The van der Waals surface area contributed by atoms with E-state index in [9.17, 15) is 14.7 Å². The number of aliphatic hydroxyl groups excluding tert-OH is 1. The molecule has 1 amide bonds. The van der Waals surface area contributed by atoms with E-state index in [4.69, 9.17) is 0 Å². The van der Waals surface area contributed by atoms with Gasteiger partial charge in [-0.05, 0) is 49.4 Å². The molecule has 6 nitrogen and oxygen atoms in total. The second-order valence-electron chi connectivity index (χ2n) is 7.79. The normalized spacial score (nSPS) is 18.3. The zero-order chi connectivity index (χ0) is 17.7. The third-order valence-electron chi connectivity index (χ3n) is 4.70. The van der Waals surface area contributed by atoms with Gasteiger partial charge in [0.1, 0.15) is 5.69 Å². The average molecular weight is 335 g/mol. The van der Waals surface area contributed by atoms with E-state index in [-0.39, 0.29) is 23.0 Å². The van der Waals surface area contributed by atoms with Gasteiger partial charge in [-0.3, -0.25) is 9.59 Å². The van der Waals surface area contributed by atoms with Crippen LogP contribution in [0.3, 0.4) is 0 Å². The van der Waals surface area contributed by atoms with Gasteiger partial charge in [-0.15, -0.1) is 0 Å². The predicted octanol–water partition coefficient (Wildman–Crippen LogP) is 1.82. The highest BCUT2D eigenvalue weighted by molar-refractivity contribution is 5.90. The number of aromatic amines is 1. The van der Waals surface area contributed by atoms with E-state index in [1.54, 1.807) is 18.3 Å². The molecule has 1 unspecified atom stereocenters.